The van der Waals surface area contributed by atoms with Crippen LogP contribution in [-0.4, -0.2) is 42.8 Å². The Bertz CT molecular complexity index is 388. The van der Waals surface area contributed by atoms with E-state index in [9.17, 15) is 9.50 Å². The minimum atomic E-state index is -0.281. The van der Waals surface area contributed by atoms with Crippen molar-refractivity contribution < 1.29 is 9.50 Å². The molecule has 0 aliphatic carbocycles. The lowest BCUT2D eigenvalue weighted by Gasteiger charge is -2.34. The molecular formula is C12H17BrClFN2O. The summed E-state index contributed by atoms with van der Waals surface area (Å²) in [6.07, 6.45) is 0. The highest BCUT2D eigenvalue weighted by molar-refractivity contribution is 9.10. The standard InChI is InChI=1S/C12H16BrFN2O.ClH/c13-10-2-1-9(7-11(10)14)12(8-17)16-5-3-15-4-6-16;/h1-2,7,12,15,17H,3-6,8H2;1H/t12-;/m0./s1. The molecule has 0 amide bonds. The van der Waals surface area contributed by atoms with Gasteiger partial charge >= 0.3 is 0 Å². The van der Waals surface area contributed by atoms with Crippen LogP contribution in [0.4, 0.5) is 4.39 Å². The van der Waals surface area contributed by atoms with E-state index in [2.05, 4.69) is 26.1 Å². The van der Waals surface area contributed by atoms with E-state index in [1.54, 1.807) is 6.07 Å². The summed E-state index contributed by atoms with van der Waals surface area (Å²) in [7, 11) is 0. The zero-order chi connectivity index (χ0) is 12.3. The van der Waals surface area contributed by atoms with Gasteiger partial charge in [0.1, 0.15) is 5.82 Å². The van der Waals surface area contributed by atoms with Gasteiger partial charge in [-0.1, -0.05) is 6.07 Å². The Kier molecular flexibility index (Phi) is 6.52. The van der Waals surface area contributed by atoms with E-state index in [-0.39, 0.29) is 30.9 Å². The third-order valence-corrected chi connectivity index (χ3v) is 3.74. The molecule has 2 N–H and O–H groups in total. The molecule has 102 valence electrons. The number of nitrogens with one attached hydrogen (secondary N) is 1. The zero-order valence-corrected chi connectivity index (χ0v) is 12.3. The van der Waals surface area contributed by atoms with E-state index >= 15 is 0 Å². The maximum absolute atomic E-state index is 13.5. The first kappa shape index (κ1) is 15.9. The van der Waals surface area contributed by atoms with Crippen LogP contribution < -0.4 is 5.32 Å². The van der Waals surface area contributed by atoms with E-state index in [1.165, 1.54) is 6.07 Å². The molecule has 0 saturated carbocycles. The third-order valence-electron chi connectivity index (χ3n) is 3.09. The van der Waals surface area contributed by atoms with Gasteiger partial charge in [0.25, 0.3) is 0 Å². The van der Waals surface area contributed by atoms with Gasteiger partial charge in [0.05, 0.1) is 17.1 Å². The molecule has 0 spiro atoms. The summed E-state index contributed by atoms with van der Waals surface area (Å²) >= 11 is 3.14. The Balaban J connectivity index is 0.00000162. The molecule has 6 heteroatoms. The first-order valence-electron chi connectivity index (χ1n) is 5.73. The van der Waals surface area contributed by atoms with Crippen LogP contribution in [0.2, 0.25) is 0 Å². The van der Waals surface area contributed by atoms with Crippen molar-refractivity contribution in [2.45, 2.75) is 6.04 Å². The molecule has 0 aromatic heterocycles. The number of rotatable bonds is 3. The number of halogens is 3. The fourth-order valence-corrected chi connectivity index (χ4v) is 2.39. The van der Waals surface area contributed by atoms with Crippen molar-refractivity contribution in [2.75, 3.05) is 32.8 Å². The molecule has 1 aromatic rings. The lowest BCUT2D eigenvalue weighted by molar-refractivity contribution is 0.110. The fraction of sp³-hybridized carbons (Fsp3) is 0.500. The molecule has 1 heterocycles. The lowest BCUT2D eigenvalue weighted by Crippen LogP contribution is -2.46. The van der Waals surface area contributed by atoms with Crippen molar-refractivity contribution in [1.82, 2.24) is 10.2 Å². The van der Waals surface area contributed by atoms with Gasteiger partial charge in [-0.05, 0) is 33.6 Å². The number of benzene rings is 1. The second-order valence-electron chi connectivity index (χ2n) is 4.16. The van der Waals surface area contributed by atoms with Crippen LogP contribution in [0, 0.1) is 5.82 Å². The molecule has 2 rings (SSSR count). The number of nitrogens with zero attached hydrogens (tertiary/aromatic N) is 1. The van der Waals surface area contributed by atoms with Crippen molar-refractivity contribution in [3.05, 3.63) is 34.1 Å². The molecule has 1 aliphatic rings. The highest BCUT2D eigenvalue weighted by Crippen LogP contribution is 2.24. The minimum Gasteiger partial charge on any atom is -0.394 e. The van der Waals surface area contributed by atoms with E-state index in [0.29, 0.717) is 4.47 Å². The van der Waals surface area contributed by atoms with Crippen LogP contribution in [0.1, 0.15) is 11.6 Å². The van der Waals surface area contributed by atoms with Gasteiger partial charge < -0.3 is 10.4 Å². The monoisotopic (exact) mass is 338 g/mol. The topological polar surface area (TPSA) is 35.5 Å². The largest absolute Gasteiger partial charge is 0.394 e. The van der Waals surface area contributed by atoms with Crippen molar-refractivity contribution in [3.8, 4) is 0 Å². The van der Waals surface area contributed by atoms with Crippen LogP contribution in [0.5, 0.6) is 0 Å². The van der Waals surface area contributed by atoms with E-state index in [1.807, 2.05) is 6.07 Å². The van der Waals surface area contributed by atoms with Gasteiger partial charge in [0, 0.05) is 26.2 Å². The predicted molar refractivity (Wildman–Crippen MR) is 75.6 cm³/mol. The molecule has 1 atom stereocenters. The summed E-state index contributed by atoms with van der Waals surface area (Å²) in [5, 5.41) is 12.8. The van der Waals surface area contributed by atoms with Crippen molar-refractivity contribution in [1.29, 1.82) is 0 Å². The van der Waals surface area contributed by atoms with Gasteiger partial charge in [-0.25, -0.2) is 4.39 Å². The minimum absolute atomic E-state index is 0. The Hall–Kier alpha value is -0.200. The molecule has 0 radical (unpaired) electrons. The summed E-state index contributed by atoms with van der Waals surface area (Å²) in [6, 6.07) is 4.93. The average molecular weight is 340 g/mol. The maximum Gasteiger partial charge on any atom is 0.137 e. The third kappa shape index (κ3) is 3.65. The van der Waals surface area contributed by atoms with Crippen LogP contribution in [0.25, 0.3) is 0 Å². The highest BCUT2D eigenvalue weighted by atomic mass is 79.9. The van der Waals surface area contributed by atoms with Gasteiger partial charge in [-0.3, -0.25) is 4.90 Å². The predicted octanol–water partition coefficient (Wildman–Crippen LogP) is 1.95. The molecule has 18 heavy (non-hydrogen) atoms. The van der Waals surface area contributed by atoms with Crippen molar-refractivity contribution in [3.63, 3.8) is 0 Å². The van der Waals surface area contributed by atoms with E-state index < -0.39 is 0 Å². The normalized spacial score (nSPS) is 18.2. The molecule has 3 nitrogen and oxygen atoms in total. The smallest absolute Gasteiger partial charge is 0.137 e. The fourth-order valence-electron chi connectivity index (χ4n) is 2.15. The van der Waals surface area contributed by atoms with Crippen molar-refractivity contribution >= 4 is 28.3 Å². The number of aliphatic hydroxyl groups is 1. The van der Waals surface area contributed by atoms with E-state index in [4.69, 9.17) is 0 Å². The molecule has 1 aliphatic heterocycles. The Labute approximate surface area is 121 Å². The SMILES string of the molecule is Cl.OC[C@@H](c1ccc(Br)c(F)c1)N1CCNCC1. The molecular weight excluding hydrogens is 323 g/mol. The Morgan fingerprint density at radius 1 is 1.39 bits per heavy atom. The van der Waals surface area contributed by atoms with Gasteiger partial charge in [0.2, 0.25) is 0 Å². The number of piperazine rings is 1. The summed E-state index contributed by atoms with van der Waals surface area (Å²) in [5.74, 6) is -0.281. The van der Waals surface area contributed by atoms with Crippen LogP contribution in [0.3, 0.4) is 0 Å². The van der Waals surface area contributed by atoms with Gasteiger partial charge in [-0.15, -0.1) is 12.4 Å². The van der Waals surface area contributed by atoms with Gasteiger partial charge in [0.15, 0.2) is 0 Å². The molecule has 0 bridgehead atoms. The summed E-state index contributed by atoms with van der Waals surface area (Å²) in [6.45, 7) is 3.60. The van der Waals surface area contributed by atoms with Gasteiger partial charge in [-0.2, -0.15) is 0 Å². The first-order valence-corrected chi connectivity index (χ1v) is 6.52. The number of hydrogen-bond donors (Lipinski definition) is 2. The van der Waals surface area contributed by atoms with E-state index in [0.717, 1.165) is 31.7 Å². The summed E-state index contributed by atoms with van der Waals surface area (Å²) in [5.41, 5.74) is 0.829. The molecule has 0 unspecified atom stereocenters. The molecule has 1 aromatic carbocycles. The van der Waals surface area contributed by atoms with Crippen LogP contribution >= 0.6 is 28.3 Å². The Morgan fingerprint density at radius 3 is 2.61 bits per heavy atom. The number of hydrogen-bond acceptors (Lipinski definition) is 3. The van der Waals surface area contributed by atoms with Crippen LogP contribution in [-0.2, 0) is 0 Å². The van der Waals surface area contributed by atoms with Crippen LogP contribution in [0.15, 0.2) is 22.7 Å². The molecule has 1 fully saturated rings. The summed E-state index contributed by atoms with van der Waals surface area (Å²) in [4.78, 5) is 2.18. The first-order chi connectivity index (χ1) is 8.22. The Morgan fingerprint density at radius 2 is 2.06 bits per heavy atom. The van der Waals surface area contributed by atoms with Crippen molar-refractivity contribution in [2.24, 2.45) is 0 Å². The quantitative estimate of drug-likeness (QED) is 0.883. The molecule has 1 saturated heterocycles. The lowest BCUT2D eigenvalue weighted by atomic mass is 10.1. The highest BCUT2D eigenvalue weighted by Gasteiger charge is 2.21. The maximum atomic E-state index is 13.5. The zero-order valence-electron chi connectivity index (χ0n) is 9.90. The average Bonchev–Trinajstić information content (AvgIpc) is 2.36. The number of aliphatic hydroxyl groups excluding tert-OH is 1. The summed E-state index contributed by atoms with van der Waals surface area (Å²) < 4.78 is 13.9. The second-order valence-corrected chi connectivity index (χ2v) is 5.01. The second kappa shape index (κ2) is 7.40.